The summed E-state index contributed by atoms with van der Waals surface area (Å²) in [7, 11) is 3.33. The predicted molar refractivity (Wildman–Crippen MR) is 94.9 cm³/mol. The van der Waals surface area contributed by atoms with Gasteiger partial charge in [-0.05, 0) is 49.5 Å². The largest absolute Gasteiger partial charge is 0.454 e. The molecule has 0 unspecified atom stereocenters. The van der Waals surface area contributed by atoms with Crippen molar-refractivity contribution in [2.24, 2.45) is 5.92 Å². The minimum atomic E-state index is -0.596. The molecule has 26 heavy (non-hydrogen) atoms. The molecule has 1 aromatic carbocycles. The van der Waals surface area contributed by atoms with Crippen molar-refractivity contribution in [1.29, 1.82) is 0 Å². The molecule has 1 aliphatic carbocycles. The molecular formula is C20H26O6. The maximum absolute atomic E-state index is 6.22. The number of hydrogen-bond acceptors (Lipinski definition) is 6. The van der Waals surface area contributed by atoms with Gasteiger partial charge in [0.05, 0.1) is 6.10 Å². The van der Waals surface area contributed by atoms with Gasteiger partial charge in [0.1, 0.15) is 6.10 Å². The minimum absolute atomic E-state index is 0.00906. The summed E-state index contributed by atoms with van der Waals surface area (Å²) in [5.74, 6) is 1.23. The lowest BCUT2D eigenvalue weighted by Crippen LogP contribution is -2.32. The van der Waals surface area contributed by atoms with Crippen molar-refractivity contribution in [3.05, 3.63) is 29.8 Å². The van der Waals surface area contributed by atoms with Crippen molar-refractivity contribution >= 4 is 5.57 Å². The van der Waals surface area contributed by atoms with Crippen LogP contribution >= 0.6 is 0 Å². The van der Waals surface area contributed by atoms with Crippen molar-refractivity contribution in [2.45, 2.75) is 51.0 Å². The first kappa shape index (κ1) is 17.8. The Hall–Kier alpha value is -1.60. The lowest BCUT2D eigenvalue weighted by Gasteiger charge is -2.31. The third-order valence-electron chi connectivity index (χ3n) is 5.17. The highest BCUT2D eigenvalue weighted by Gasteiger charge is 2.46. The van der Waals surface area contributed by atoms with Gasteiger partial charge in [-0.2, -0.15) is 0 Å². The minimum Gasteiger partial charge on any atom is -0.454 e. The van der Waals surface area contributed by atoms with E-state index >= 15 is 0 Å². The van der Waals surface area contributed by atoms with Gasteiger partial charge in [0.2, 0.25) is 6.79 Å². The Morgan fingerprint density at radius 2 is 1.88 bits per heavy atom. The Bertz CT molecular complexity index is 694. The van der Waals surface area contributed by atoms with E-state index in [4.69, 9.17) is 28.4 Å². The normalized spacial score (nSPS) is 29.0. The van der Waals surface area contributed by atoms with Gasteiger partial charge in [-0.15, -0.1) is 0 Å². The first-order valence-electron chi connectivity index (χ1n) is 9.02. The van der Waals surface area contributed by atoms with Crippen LogP contribution < -0.4 is 9.47 Å². The maximum atomic E-state index is 6.22. The van der Waals surface area contributed by atoms with Gasteiger partial charge in [0, 0.05) is 20.6 Å². The van der Waals surface area contributed by atoms with Crippen molar-refractivity contribution < 1.29 is 28.4 Å². The molecule has 0 saturated carbocycles. The molecule has 6 nitrogen and oxygen atoms in total. The second-order valence-electron chi connectivity index (χ2n) is 7.42. The molecule has 0 bridgehead atoms. The predicted octanol–water partition coefficient (Wildman–Crippen LogP) is 3.35. The van der Waals surface area contributed by atoms with E-state index in [1.165, 1.54) is 0 Å². The summed E-state index contributed by atoms with van der Waals surface area (Å²) in [6.45, 7) is 4.19. The van der Waals surface area contributed by atoms with Crippen LogP contribution in [0.15, 0.2) is 24.3 Å². The second-order valence-corrected chi connectivity index (χ2v) is 7.42. The van der Waals surface area contributed by atoms with E-state index < -0.39 is 5.79 Å². The Morgan fingerprint density at radius 3 is 2.65 bits per heavy atom. The Kier molecular flexibility index (Phi) is 4.69. The summed E-state index contributed by atoms with van der Waals surface area (Å²) in [6, 6.07) is 6.02. The number of benzene rings is 1. The summed E-state index contributed by atoms with van der Waals surface area (Å²) >= 11 is 0. The molecule has 142 valence electrons. The zero-order chi connectivity index (χ0) is 18.3. The summed E-state index contributed by atoms with van der Waals surface area (Å²) in [4.78, 5) is 0. The standard InChI is InChI=1S/C20H26O6/c1-20(2)25-17-8-12(9-18(21-3)22-4)7-14(19(17)26-20)13-5-6-15-16(10-13)24-11-23-15/h5-7,10,12,17-19H,8-9,11H2,1-4H3/t12-,17-,19+/m0/s1. The molecule has 4 rings (SSSR count). The summed E-state index contributed by atoms with van der Waals surface area (Å²) in [6.07, 6.45) is 3.61. The molecule has 1 saturated heterocycles. The van der Waals surface area contributed by atoms with Crippen LogP contribution in [-0.4, -0.2) is 45.3 Å². The lowest BCUT2D eigenvalue weighted by atomic mass is 9.81. The van der Waals surface area contributed by atoms with Gasteiger partial charge in [-0.1, -0.05) is 12.1 Å². The highest BCUT2D eigenvalue weighted by atomic mass is 16.8. The molecule has 2 aliphatic heterocycles. The molecule has 0 spiro atoms. The van der Waals surface area contributed by atoms with Gasteiger partial charge in [0.25, 0.3) is 0 Å². The zero-order valence-corrected chi connectivity index (χ0v) is 15.7. The van der Waals surface area contributed by atoms with Gasteiger partial charge >= 0.3 is 0 Å². The van der Waals surface area contributed by atoms with E-state index in [9.17, 15) is 0 Å². The second kappa shape index (κ2) is 6.85. The van der Waals surface area contributed by atoms with Crippen molar-refractivity contribution in [1.82, 2.24) is 0 Å². The highest BCUT2D eigenvalue weighted by molar-refractivity contribution is 5.73. The number of hydrogen-bond donors (Lipinski definition) is 0. The molecule has 0 amide bonds. The summed E-state index contributed by atoms with van der Waals surface area (Å²) in [5.41, 5.74) is 2.20. The van der Waals surface area contributed by atoms with Crippen LogP contribution in [0.25, 0.3) is 5.57 Å². The van der Waals surface area contributed by atoms with Gasteiger partial charge < -0.3 is 28.4 Å². The van der Waals surface area contributed by atoms with E-state index in [0.717, 1.165) is 35.5 Å². The Morgan fingerprint density at radius 1 is 1.12 bits per heavy atom. The maximum Gasteiger partial charge on any atom is 0.231 e. The first-order chi connectivity index (χ1) is 12.5. The third kappa shape index (κ3) is 3.34. The molecule has 0 radical (unpaired) electrons. The van der Waals surface area contributed by atoms with Crippen LogP contribution in [0.2, 0.25) is 0 Å². The molecule has 1 fully saturated rings. The lowest BCUT2D eigenvalue weighted by molar-refractivity contribution is -0.144. The topological polar surface area (TPSA) is 55.4 Å². The average molecular weight is 362 g/mol. The molecule has 0 aromatic heterocycles. The third-order valence-corrected chi connectivity index (χ3v) is 5.17. The molecule has 3 aliphatic rings. The van der Waals surface area contributed by atoms with E-state index in [1.807, 2.05) is 26.0 Å². The van der Waals surface area contributed by atoms with Crippen LogP contribution in [0.1, 0.15) is 32.3 Å². The monoisotopic (exact) mass is 362 g/mol. The van der Waals surface area contributed by atoms with Crippen LogP contribution in [0.5, 0.6) is 11.5 Å². The molecule has 2 heterocycles. The van der Waals surface area contributed by atoms with Crippen LogP contribution in [0.3, 0.4) is 0 Å². The van der Waals surface area contributed by atoms with Gasteiger partial charge in [-0.3, -0.25) is 0 Å². The smallest absolute Gasteiger partial charge is 0.231 e. The van der Waals surface area contributed by atoms with Crippen LogP contribution in [0.4, 0.5) is 0 Å². The SMILES string of the molecule is COC(C[C@H]1C=C(c2ccc3c(c2)OCO3)[C@H]2OC(C)(C)O[C@H]2C1)OC. The fourth-order valence-corrected chi connectivity index (χ4v) is 4.02. The zero-order valence-electron chi connectivity index (χ0n) is 15.7. The van der Waals surface area contributed by atoms with Gasteiger partial charge in [0.15, 0.2) is 23.6 Å². The van der Waals surface area contributed by atoms with Crippen molar-refractivity contribution in [2.75, 3.05) is 21.0 Å². The van der Waals surface area contributed by atoms with Crippen LogP contribution in [-0.2, 0) is 18.9 Å². The Labute approximate surface area is 154 Å². The number of fused-ring (bicyclic) bond motifs is 2. The molecular weight excluding hydrogens is 336 g/mol. The molecule has 0 N–H and O–H groups in total. The van der Waals surface area contributed by atoms with E-state index in [1.54, 1.807) is 14.2 Å². The quantitative estimate of drug-likeness (QED) is 0.749. The Balaban J connectivity index is 1.66. The van der Waals surface area contributed by atoms with Gasteiger partial charge in [-0.25, -0.2) is 0 Å². The van der Waals surface area contributed by atoms with E-state index in [-0.39, 0.29) is 31.2 Å². The number of rotatable bonds is 5. The average Bonchev–Trinajstić information content (AvgIpc) is 3.20. The fraction of sp³-hybridized carbons (Fsp3) is 0.600. The molecule has 3 atom stereocenters. The molecule has 6 heteroatoms. The highest BCUT2D eigenvalue weighted by Crippen LogP contribution is 2.45. The van der Waals surface area contributed by atoms with E-state index in [2.05, 4.69) is 12.1 Å². The number of ether oxygens (including phenoxy) is 6. The molecule has 1 aromatic rings. The van der Waals surface area contributed by atoms with Crippen molar-refractivity contribution in [3.63, 3.8) is 0 Å². The first-order valence-corrected chi connectivity index (χ1v) is 9.02. The number of methoxy groups -OCH3 is 2. The van der Waals surface area contributed by atoms with Crippen molar-refractivity contribution in [3.8, 4) is 11.5 Å². The van der Waals surface area contributed by atoms with Crippen LogP contribution in [0, 0.1) is 5.92 Å². The fourth-order valence-electron chi connectivity index (χ4n) is 4.02. The van der Waals surface area contributed by atoms with E-state index in [0.29, 0.717) is 0 Å². The summed E-state index contributed by atoms with van der Waals surface area (Å²) in [5, 5.41) is 0. The summed E-state index contributed by atoms with van der Waals surface area (Å²) < 4.78 is 34.2. The number of allylic oxidation sites excluding steroid dienone is 1.